The number of fused-ring (bicyclic) bond motifs is 2. The molecule has 0 aliphatic carbocycles. The summed E-state index contributed by atoms with van der Waals surface area (Å²) in [5.74, 6) is 0. The molecular weight excluding hydrogens is 220 g/mol. The molecule has 88 valence electrons. The molecule has 0 amide bonds. The van der Waals surface area contributed by atoms with Crippen LogP contribution >= 0.6 is 11.3 Å². The molecule has 1 fully saturated rings. The first kappa shape index (κ1) is 10.7. The fourth-order valence-corrected chi connectivity index (χ4v) is 3.69. The molecule has 4 heteroatoms. The lowest BCUT2D eigenvalue weighted by Crippen LogP contribution is -2.50. The fraction of sp³-hybridized carbons (Fsp3) is 0.667. The number of piperidine rings is 1. The van der Waals surface area contributed by atoms with Gasteiger partial charge in [-0.2, -0.15) is 0 Å². The van der Waals surface area contributed by atoms with Crippen molar-refractivity contribution in [3.8, 4) is 0 Å². The molecule has 0 saturated carbocycles. The smallest absolute Gasteiger partial charge is 0.0627 e. The molecule has 3 nitrogen and oxygen atoms in total. The first-order valence-electron chi connectivity index (χ1n) is 5.95. The van der Waals surface area contributed by atoms with Gasteiger partial charge < -0.3 is 5.11 Å². The van der Waals surface area contributed by atoms with Gasteiger partial charge in [-0.15, -0.1) is 11.3 Å². The lowest BCUT2D eigenvalue weighted by Gasteiger charge is -2.36. The van der Waals surface area contributed by atoms with Gasteiger partial charge in [0.25, 0.3) is 0 Å². The Hall–Kier alpha value is -0.420. The van der Waals surface area contributed by atoms with Crippen LogP contribution in [0.1, 0.15) is 28.8 Å². The summed E-state index contributed by atoms with van der Waals surface area (Å²) in [6.07, 6.45) is 2.03. The summed E-state index contributed by atoms with van der Waals surface area (Å²) in [5, 5.41) is 15.5. The minimum atomic E-state index is -0.119. The molecule has 0 spiro atoms. The van der Waals surface area contributed by atoms with E-state index in [1.807, 2.05) is 11.3 Å². The number of rotatable bonds is 0. The van der Waals surface area contributed by atoms with Gasteiger partial charge in [-0.05, 0) is 29.9 Å². The van der Waals surface area contributed by atoms with E-state index >= 15 is 0 Å². The second kappa shape index (κ2) is 4.11. The van der Waals surface area contributed by atoms with Gasteiger partial charge in [-0.3, -0.25) is 10.2 Å². The van der Waals surface area contributed by atoms with Crippen LogP contribution in [0.25, 0.3) is 0 Å². The number of aliphatic hydroxyl groups is 1. The van der Waals surface area contributed by atoms with Crippen molar-refractivity contribution in [2.24, 2.45) is 0 Å². The molecule has 0 radical (unpaired) electrons. The first-order valence-corrected chi connectivity index (χ1v) is 6.83. The van der Waals surface area contributed by atoms with Crippen LogP contribution in [0.2, 0.25) is 0 Å². The van der Waals surface area contributed by atoms with Crippen LogP contribution < -0.4 is 5.32 Å². The largest absolute Gasteiger partial charge is 0.393 e. The molecule has 3 heterocycles. The average molecular weight is 238 g/mol. The minimum absolute atomic E-state index is 0.119. The second-order valence-corrected chi connectivity index (χ2v) is 5.83. The van der Waals surface area contributed by atoms with Crippen LogP contribution in [0, 0.1) is 6.92 Å². The van der Waals surface area contributed by atoms with Crippen LogP contribution in [0.4, 0.5) is 0 Å². The molecule has 2 N–H and O–H groups in total. The summed E-state index contributed by atoms with van der Waals surface area (Å²) in [4.78, 5) is 3.94. The van der Waals surface area contributed by atoms with Crippen LogP contribution in [-0.4, -0.2) is 28.8 Å². The Balaban J connectivity index is 1.85. The predicted molar refractivity (Wildman–Crippen MR) is 65.3 cm³/mol. The first-order chi connectivity index (χ1) is 7.74. The average Bonchev–Trinajstić information content (AvgIpc) is 2.51. The van der Waals surface area contributed by atoms with Crippen molar-refractivity contribution < 1.29 is 5.11 Å². The Bertz CT molecular complexity index is 390. The number of aliphatic hydroxyl groups excluding tert-OH is 1. The topological polar surface area (TPSA) is 35.5 Å². The summed E-state index contributed by atoms with van der Waals surface area (Å²) in [6.45, 7) is 5.22. The maximum Gasteiger partial charge on any atom is 0.0627 e. The third-order valence-corrected chi connectivity index (χ3v) is 4.88. The van der Waals surface area contributed by atoms with Gasteiger partial charge in [0, 0.05) is 30.9 Å². The normalized spacial score (nSPS) is 30.6. The molecule has 1 aromatic heterocycles. The van der Waals surface area contributed by atoms with Crippen molar-refractivity contribution in [3.63, 3.8) is 0 Å². The summed E-state index contributed by atoms with van der Waals surface area (Å²) in [6, 6.07) is 0. The maximum absolute atomic E-state index is 9.70. The third-order valence-electron chi connectivity index (χ3n) is 3.74. The molecule has 16 heavy (non-hydrogen) atoms. The molecule has 2 aliphatic heterocycles. The number of nitrogens with one attached hydrogen (secondary N) is 1. The molecule has 2 unspecified atom stereocenters. The van der Waals surface area contributed by atoms with Crippen molar-refractivity contribution in [2.75, 3.05) is 6.54 Å². The minimum Gasteiger partial charge on any atom is -0.393 e. The number of aryl methyl sites for hydroxylation is 1. The lowest BCUT2D eigenvalue weighted by atomic mass is 10.0. The molecule has 0 bridgehead atoms. The third kappa shape index (κ3) is 1.80. The van der Waals surface area contributed by atoms with Crippen molar-refractivity contribution in [1.82, 2.24) is 10.2 Å². The van der Waals surface area contributed by atoms with Gasteiger partial charge in [0.1, 0.15) is 0 Å². The summed E-state index contributed by atoms with van der Waals surface area (Å²) >= 11 is 1.86. The maximum atomic E-state index is 9.70. The highest BCUT2D eigenvalue weighted by molar-refractivity contribution is 7.10. The Morgan fingerprint density at radius 1 is 1.56 bits per heavy atom. The fourth-order valence-electron chi connectivity index (χ4n) is 2.69. The van der Waals surface area contributed by atoms with Crippen LogP contribution in [0.3, 0.4) is 0 Å². The summed E-state index contributed by atoms with van der Waals surface area (Å²) in [7, 11) is 0. The molecule has 3 rings (SSSR count). The molecule has 1 saturated heterocycles. The van der Waals surface area contributed by atoms with E-state index in [1.54, 1.807) is 0 Å². The van der Waals surface area contributed by atoms with E-state index in [0.717, 1.165) is 32.5 Å². The summed E-state index contributed by atoms with van der Waals surface area (Å²) in [5.41, 5.74) is 2.94. The Morgan fingerprint density at radius 3 is 3.31 bits per heavy atom. The molecular formula is C12H18N2OS. The highest BCUT2D eigenvalue weighted by atomic mass is 32.1. The highest BCUT2D eigenvalue weighted by Gasteiger charge is 2.30. The quantitative estimate of drug-likeness (QED) is 0.718. The van der Waals surface area contributed by atoms with Gasteiger partial charge in [-0.25, -0.2) is 0 Å². The van der Waals surface area contributed by atoms with Gasteiger partial charge in [0.15, 0.2) is 0 Å². The van der Waals surface area contributed by atoms with Gasteiger partial charge >= 0.3 is 0 Å². The Labute approximate surface area is 100 Å². The molecule has 0 aromatic carbocycles. The second-order valence-electron chi connectivity index (χ2n) is 4.87. The van der Waals surface area contributed by atoms with Gasteiger partial charge in [0.2, 0.25) is 0 Å². The Morgan fingerprint density at radius 2 is 2.44 bits per heavy atom. The van der Waals surface area contributed by atoms with E-state index in [2.05, 4.69) is 22.5 Å². The standard InChI is InChI=1S/C12H18N2OS/c1-8-7-16-11-5-13-12-4-9(15)2-3-14(12)6-10(8)11/h7,9,12-13,15H,2-6H2,1H3. The van der Waals surface area contributed by atoms with Crippen molar-refractivity contribution in [1.29, 1.82) is 0 Å². The zero-order chi connectivity index (χ0) is 11.1. The number of hydrogen-bond donors (Lipinski definition) is 2. The van der Waals surface area contributed by atoms with Gasteiger partial charge in [-0.1, -0.05) is 0 Å². The predicted octanol–water partition coefficient (Wildman–Crippen LogP) is 1.44. The van der Waals surface area contributed by atoms with Crippen LogP contribution in [-0.2, 0) is 13.1 Å². The Kier molecular flexibility index (Phi) is 2.75. The molecule has 2 atom stereocenters. The van der Waals surface area contributed by atoms with E-state index in [-0.39, 0.29) is 6.10 Å². The molecule has 2 aliphatic rings. The number of hydrogen-bond acceptors (Lipinski definition) is 4. The van der Waals surface area contributed by atoms with E-state index in [9.17, 15) is 5.11 Å². The summed E-state index contributed by atoms with van der Waals surface area (Å²) < 4.78 is 0. The number of thiophene rings is 1. The van der Waals surface area contributed by atoms with Gasteiger partial charge in [0.05, 0.1) is 12.3 Å². The van der Waals surface area contributed by atoms with Crippen LogP contribution in [0.5, 0.6) is 0 Å². The van der Waals surface area contributed by atoms with Crippen molar-refractivity contribution in [3.05, 3.63) is 21.4 Å². The lowest BCUT2D eigenvalue weighted by molar-refractivity contribution is 0.0255. The SMILES string of the molecule is Cc1csc2c1CN1CCC(O)CC1NC2. The molecule has 1 aromatic rings. The zero-order valence-corrected chi connectivity index (χ0v) is 10.4. The zero-order valence-electron chi connectivity index (χ0n) is 9.57. The van der Waals surface area contributed by atoms with Crippen molar-refractivity contribution in [2.45, 2.75) is 45.1 Å². The highest BCUT2D eigenvalue weighted by Crippen LogP contribution is 2.29. The van der Waals surface area contributed by atoms with E-state index in [1.165, 1.54) is 16.0 Å². The number of nitrogens with zero attached hydrogens (tertiary/aromatic N) is 1. The monoisotopic (exact) mass is 238 g/mol. The van der Waals surface area contributed by atoms with E-state index in [4.69, 9.17) is 0 Å². The van der Waals surface area contributed by atoms with Crippen molar-refractivity contribution >= 4 is 11.3 Å². The van der Waals surface area contributed by atoms with E-state index in [0.29, 0.717) is 6.17 Å². The van der Waals surface area contributed by atoms with E-state index < -0.39 is 0 Å². The van der Waals surface area contributed by atoms with Crippen LogP contribution in [0.15, 0.2) is 5.38 Å².